The molecule has 1 fully saturated rings. The molecule has 0 unspecified atom stereocenters. The summed E-state index contributed by atoms with van der Waals surface area (Å²) >= 11 is 1.60. The van der Waals surface area contributed by atoms with E-state index in [1.807, 2.05) is 18.4 Å². The molecule has 1 saturated heterocycles. The van der Waals surface area contributed by atoms with Crippen LogP contribution in [0.3, 0.4) is 0 Å². The maximum Gasteiger partial charge on any atom is 0.338 e. The van der Waals surface area contributed by atoms with Gasteiger partial charge in [0, 0.05) is 18.0 Å². The van der Waals surface area contributed by atoms with Gasteiger partial charge in [-0.3, -0.25) is 4.79 Å². The van der Waals surface area contributed by atoms with Crippen molar-refractivity contribution in [2.75, 3.05) is 26.0 Å². The highest BCUT2D eigenvalue weighted by Gasteiger charge is 2.16. The molecule has 114 valence electrons. The Morgan fingerprint density at radius 1 is 1.38 bits per heavy atom. The molecule has 1 N–H and O–H groups in total. The van der Waals surface area contributed by atoms with E-state index in [9.17, 15) is 9.59 Å². The van der Waals surface area contributed by atoms with Crippen molar-refractivity contribution in [3.63, 3.8) is 0 Å². The third-order valence-electron chi connectivity index (χ3n) is 3.21. The number of hydrogen-bond donors (Lipinski definition) is 1. The summed E-state index contributed by atoms with van der Waals surface area (Å²) in [7, 11) is 0. The van der Waals surface area contributed by atoms with Crippen molar-refractivity contribution in [3.8, 4) is 0 Å². The van der Waals surface area contributed by atoms with Gasteiger partial charge in [0.25, 0.3) is 5.91 Å². The first-order valence-corrected chi connectivity index (χ1v) is 8.11. The molecule has 1 aliphatic heterocycles. The highest BCUT2D eigenvalue weighted by atomic mass is 32.2. The van der Waals surface area contributed by atoms with Crippen molar-refractivity contribution in [2.45, 2.75) is 23.8 Å². The number of amides is 1. The molecule has 0 bridgehead atoms. The molecule has 0 spiro atoms. The number of hydrogen-bond acceptors (Lipinski definition) is 5. The van der Waals surface area contributed by atoms with Gasteiger partial charge >= 0.3 is 5.97 Å². The van der Waals surface area contributed by atoms with E-state index in [1.54, 1.807) is 23.9 Å². The quantitative estimate of drug-likeness (QED) is 0.642. The zero-order valence-corrected chi connectivity index (χ0v) is 12.8. The minimum Gasteiger partial charge on any atom is -0.452 e. The molecule has 1 atom stereocenters. The lowest BCUT2D eigenvalue weighted by Crippen LogP contribution is -2.34. The Morgan fingerprint density at radius 2 is 2.14 bits per heavy atom. The maximum absolute atomic E-state index is 11.8. The molecular weight excluding hydrogens is 290 g/mol. The highest BCUT2D eigenvalue weighted by molar-refractivity contribution is 7.98. The van der Waals surface area contributed by atoms with Gasteiger partial charge in [0.1, 0.15) is 0 Å². The molecule has 0 aromatic heterocycles. The zero-order chi connectivity index (χ0) is 15.1. The lowest BCUT2D eigenvalue weighted by Gasteiger charge is -2.11. The Hall–Kier alpha value is -1.53. The van der Waals surface area contributed by atoms with E-state index in [1.165, 1.54) is 0 Å². The van der Waals surface area contributed by atoms with Crippen LogP contribution in [0.15, 0.2) is 29.2 Å². The SMILES string of the molecule is CSc1ccc(C(=O)OCC(=O)NC[C@@H]2CCCO2)cc1. The number of esters is 1. The molecule has 5 nitrogen and oxygen atoms in total. The van der Waals surface area contributed by atoms with Crippen LogP contribution < -0.4 is 5.32 Å². The summed E-state index contributed by atoms with van der Waals surface area (Å²) in [5.41, 5.74) is 0.444. The Kier molecular flexibility index (Phi) is 6.07. The number of nitrogens with one attached hydrogen (secondary N) is 1. The largest absolute Gasteiger partial charge is 0.452 e. The molecule has 1 amide bonds. The van der Waals surface area contributed by atoms with Crippen LogP contribution in [0.2, 0.25) is 0 Å². The van der Waals surface area contributed by atoms with Gasteiger partial charge < -0.3 is 14.8 Å². The Balaban J connectivity index is 1.70. The fourth-order valence-electron chi connectivity index (χ4n) is 2.03. The van der Waals surface area contributed by atoms with Gasteiger partial charge in [-0.15, -0.1) is 11.8 Å². The Labute approximate surface area is 128 Å². The lowest BCUT2D eigenvalue weighted by molar-refractivity contribution is -0.124. The van der Waals surface area contributed by atoms with E-state index in [4.69, 9.17) is 9.47 Å². The van der Waals surface area contributed by atoms with Gasteiger partial charge in [-0.2, -0.15) is 0 Å². The summed E-state index contributed by atoms with van der Waals surface area (Å²) in [6, 6.07) is 7.08. The van der Waals surface area contributed by atoms with Gasteiger partial charge in [0.15, 0.2) is 6.61 Å². The summed E-state index contributed by atoms with van der Waals surface area (Å²) in [6.45, 7) is 0.955. The molecule has 6 heteroatoms. The third-order valence-corrected chi connectivity index (χ3v) is 3.95. The Morgan fingerprint density at radius 3 is 2.76 bits per heavy atom. The van der Waals surface area contributed by atoms with Crippen LogP contribution >= 0.6 is 11.8 Å². The molecule has 1 aliphatic rings. The summed E-state index contributed by atoms with van der Waals surface area (Å²) in [6.07, 6.45) is 4.04. The Bertz CT molecular complexity index is 483. The first-order valence-electron chi connectivity index (χ1n) is 6.88. The van der Waals surface area contributed by atoms with E-state index in [-0.39, 0.29) is 18.6 Å². The van der Waals surface area contributed by atoms with Crippen LogP contribution in [0.4, 0.5) is 0 Å². The fraction of sp³-hybridized carbons (Fsp3) is 0.467. The van der Waals surface area contributed by atoms with Gasteiger partial charge in [0.05, 0.1) is 11.7 Å². The number of thioether (sulfide) groups is 1. The minimum absolute atomic E-state index is 0.0868. The molecule has 1 aromatic carbocycles. The third kappa shape index (κ3) is 5.06. The van der Waals surface area contributed by atoms with E-state index < -0.39 is 5.97 Å². The van der Waals surface area contributed by atoms with Crippen LogP contribution in [0.5, 0.6) is 0 Å². The molecule has 2 rings (SSSR count). The average Bonchev–Trinajstić information content (AvgIpc) is 3.04. The van der Waals surface area contributed by atoms with Crippen LogP contribution in [-0.4, -0.2) is 44.0 Å². The van der Waals surface area contributed by atoms with Gasteiger partial charge in [-0.25, -0.2) is 4.79 Å². The smallest absolute Gasteiger partial charge is 0.338 e. The molecule has 0 saturated carbocycles. The standard InChI is InChI=1S/C15H19NO4S/c1-21-13-6-4-11(5-7-13)15(18)20-10-14(17)16-9-12-3-2-8-19-12/h4-7,12H,2-3,8-10H2,1H3,(H,16,17)/t12-/m0/s1. The predicted molar refractivity (Wildman–Crippen MR) is 80.5 cm³/mol. The van der Waals surface area contributed by atoms with E-state index in [0.717, 1.165) is 24.3 Å². The average molecular weight is 309 g/mol. The van der Waals surface area contributed by atoms with Crippen LogP contribution in [-0.2, 0) is 14.3 Å². The second-order valence-electron chi connectivity index (χ2n) is 4.74. The minimum atomic E-state index is -0.491. The first-order chi connectivity index (χ1) is 10.2. The van der Waals surface area contributed by atoms with Gasteiger partial charge in [0.2, 0.25) is 0 Å². The normalized spacial score (nSPS) is 17.5. The second-order valence-corrected chi connectivity index (χ2v) is 5.62. The molecule has 1 heterocycles. The number of ether oxygens (including phenoxy) is 2. The van der Waals surface area contributed by atoms with Gasteiger partial charge in [-0.1, -0.05) is 0 Å². The summed E-state index contributed by atoms with van der Waals surface area (Å²) in [4.78, 5) is 24.4. The highest BCUT2D eigenvalue weighted by Crippen LogP contribution is 2.15. The number of benzene rings is 1. The monoisotopic (exact) mass is 309 g/mol. The maximum atomic E-state index is 11.8. The molecule has 0 radical (unpaired) electrons. The molecular formula is C15H19NO4S. The van der Waals surface area contributed by atoms with E-state index >= 15 is 0 Å². The van der Waals surface area contributed by atoms with Gasteiger partial charge in [-0.05, 0) is 43.4 Å². The van der Waals surface area contributed by atoms with Crippen molar-refractivity contribution in [1.29, 1.82) is 0 Å². The lowest BCUT2D eigenvalue weighted by atomic mass is 10.2. The van der Waals surface area contributed by atoms with E-state index in [0.29, 0.717) is 12.1 Å². The van der Waals surface area contributed by atoms with Crippen molar-refractivity contribution in [2.24, 2.45) is 0 Å². The van der Waals surface area contributed by atoms with E-state index in [2.05, 4.69) is 5.32 Å². The summed E-state index contributed by atoms with van der Waals surface area (Å²) < 4.78 is 10.4. The van der Waals surface area contributed by atoms with Crippen LogP contribution in [0.1, 0.15) is 23.2 Å². The van der Waals surface area contributed by atoms with Crippen molar-refractivity contribution in [3.05, 3.63) is 29.8 Å². The van der Waals surface area contributed by atoms with Crippen LogP contribution in [0.25, 0.3) is 0 Å². The summed E-state index contributed by atoms with van der Waals surface area (Å²) in [5, 5.41) is 2.71. The van der Waals surface area contributed by atoms with Crippen molar-refractivity contribution < 1.29 is 19.1 Å². The molecule has 0 aliphatic carbocycles. The van der Waals surface area contributed by atoms with Crippen LogP contribution in [0, 0.1) is 0 Å². The number of carbonyl (C=O) groups is 2. The fourth-order valence-corrected chi connectivity index (χ4v) is 2.43. The predicted octanol–water partition coefficient (Wildman–Crippen LogP) is 1.86. The van der Waals surface area contributed by atoms with Crippen molar-refractivity contribution in [1.82, 2.24) is 5.32 Å². The second kappa shape index (κ2) is 8.05. The molecule has 21 heavy (non-hydrogen) atoms. The topological polar surface area (TPSA) is 64.6 Å². The first kappa shape index (κ1) is 15.9. The molecule has 1 aromatic rings. The van der Waals surface area contributed by atoms with Crippen molar-refractivity contribution >= 4 is 23.6 Å². The number of rotatable bonds is 6. The zero-order valence-electron chi connectivity index (χ0n) is 12.0. The summed E-state index contributed by atoms with van der Waals surface area (Å²) in [5.74, 6) is -0.797. The number of carbonyl (C=O) groups excluding carboxylic acids is 2.